The lowest BCUT2D eigenvalue weighted by Crippen LogP contribution is -2.59. The lowest BCUT2D eigenvalue weighted by molar-refractivity contribution is -0.131. The highest BCUT2D eigenvalue weighted by Crippen LogP contribution is 2.13. The van der Waals surface area contributed by atoms with Crippen LogP contribution in [0.25, 0.3) is 0 Å². The third kappa shape index (κ3) is 20.3. The number of amides is 2. The molecule has 0 aliphatic rings. The Kier molecular flexibility index (Phi) is 22.1. The highest BCUT2D eigenvalue weighted by Gasteiger charge is 2.34. The molecule has 0 unspecified atom stereocenters. The molecular weight excluding hydrogens is 662 g/mol. The lowest BCUT2D eigenvalue weighted by Gasteiger charge is -2.34. The summed E-state index contributed by atoms with van der Waals surface area (Å²) in [7, 11) is 0. The van der Waals surface area contributed by atoms with Crippen LogP contribution in [0.2, 0.25) is 0 Å². The molecule has 2 N–H and O–H groups in total. The molecule has 0 aliphatic heterocycles. The number of nitrogens with zero attached hydrogens (tertiary/aromatic N) is 3. The molecule has 1 rings (SSSR count). The third-order valence-electron chi connectivity index (χ3n) is 7.89. The molecule has 0 atom stereocenters. The van der Waals surface area contributed by atoms with Crippen molar-refractivity contribution < 1.29 is 47.7 Å². The monoisotopic (exact) mass is 723 g/mol. The smallest absolute Gasteiger partial charge is 0.242 e. The number of Topliss-reactive ketones (excluding diaryl/α,β-unsaturated/α-hetero) is 4. The molecule has 15 heteroatoms. The maximum atomic E-state index is 13.4. The van der Waals surface area contributed by atoms with Gasteiger partial charge >= 0.3 is 0 Å². The summed E-state index contributed by atoms with van der Waals surface area (Å²) in [6.07, 6.45) is 2.33. The van der Waals surface area contributed by atoms with Gasteiger partial charge in [0.1, 0.15) is 35.2 Å². The predicted octanol–water partition coefficient (Wildman–Crippen LogP) is 2.32. The molecule has 0 fully saturated rings. The summed E-state index contributed by atoms with van der Waals surface area (Å²) < 4.78 is 24.4. The summed E-state index contributed by atoms with van der Waals surface area (Å²) in [6.45, 7) is 15.2. The van der Waals surface area contributed by atoms with Crippen molar-refractivity contribution in [1.82, 2.24) is 25.6 Å². The van der Waals surface area contributed by atoms with Gasteiger partial charge in [0.2, 0.25) is 11.8 Å². The Hall–Kier alpha value is -3.40. The van der Waals surface area contributed by atoms with E-state index in [1.165, 1.54) is 10.9 Å². The first-order valence-electron chi connectivity index (χ1n) is 17.9. The van der Waals surface area contributed by atoms with Crippen LogP contribution in [0.4, 0.5) is 0 Å². The van der Waals surface area contributed by atoms with Crippen LogP contribution in [0, 0.1) is 23.7 Å². The van der Waals surface area contributed by atoms with Gasteiger partial charge in [0.15, 0.2) is 0 Å². The van der Waals surface area contributed by atoms with E-state index in [0.717, 1.165) is 0 Å². The molecule has 51 heavy (non-hydrogen) atoms. The van der Waals surface area contributed by atoms with E-state index < -0.39 is 11.4 Å². The first-order chi connectivity index (χ1) is 24.0. The van der Waals surface area contributed by atoms with Gasteiger partial charge in [0, 0.05) is 62.1 Å². The van der Waals surface area contributed by atoms with E-state index in [0.29, 0.717) is 18.7 Å². The minimum atomic E-state index is -1.23. The Labute approximate surface area is 302 Å². The van der Waals surface area contributed by atoms with Crippen molar-refractivity contribution in [3.63, 3.8) is 0 Å². The first kappa shape index (κ1) is 45.6. The summed E-state index contributed by atoms with van der Waals surface area (Å²) in [5, 5.41) is 13.7. The highest BCUT2D eigenvalue weighted by molar-refractivity contribution is 5.81. The van der Waals surface area contributed by atoms with Crippen molar-refractivity contribution in [2.45, 2.75) is 99.6 Å². The predicted molar refractivity (Wildman–Crippen MR) is 189 cm³/mol. The molecular formula is C36H61N5O10. The van der Waals surface area contributed by atoms with Gasteiger partial charge in [0.05, 0.1) is 65.0 Å². The van der Waals surface area contributed by atoms with Crippen LogP contribution < -0.4 is 10.6 Å². The molecule has 0 spiro atoms. The molecule has 290 valence electrons. The quantitative estimate of drug-likeness (QED) is 0.110. The SMILES string of the molecule is CC(C)C(=O)CCOCCNC(=O)Cc1cn(CC(=O)NC(COCCC(=O)C(C)C)(COCCC(=O)C(C)C)COCCC(=O)C(C)C)nn1. The molecule has 1 heterocycles. The molecule has 0 radical (unpaired) electrons. The van der Waals surface area contributed by atoms with Crippen LogP contribution in [-0.2, 0) is 60.7 Å². The number of rotatable bonds is 30. The fraction of sp³-hybridized carbons (Fsp3) is 0.778. The molecule has 0 saturated heterocycles. The number of carbonyl (C=O) groups excluding carboxylic acids is 6. The Morgan fingerprint density at radius 2 is 1.04 bits per heavy atom. The zero-order valence-corrected chi connectivity index (χ0v) is 31.9. The topological polar surface area (TPSA) is 194 Å². The Bertz CT molecular complexity index is 1180. The maximum absolute atomic E-state index is 13.4. The van der Waals surface area contributed by atoms with E-state index >= 15 is 0 Å². The zero-order chi connectivity index (χ0) is 38.4. The molecule has 2 amide bonds. The molecule has 0 saturated carbocycles. The second-order valence-electron chi connectivity index (χ2n) is 14.0. The molecule has 0 aliphatic carbocycles. The second kappa shape index (κ2) is 24.7. The third-order valence-corrected chi connectivity index (χ3v) is 7.89. The lowest BCUT2D eigenvalue weighted by atomic mass is 10.0. The largest absolute Gasteiger partial charge is 0.379 e. The number of hydrogen-bond acceptors (Lipinski definition) is 12. The van der Waals surface area contributed by atoms with Gasteiger partial charge in [-0.05, 0) is 0 Å². The fourth-order valence-electron chi connectivity index (χ4n) is 4.45. The summed E-state index contributed by atoms with van der Waals surface area (Å²) in [5.74, 6) is -1.03. The van der Waals surface area contributed by atoms with Crippen LogP contribution in [0.15, 0.2) is 6.20 Å². The molecule has 0 aromatic carbocycles. The van der Waals surface area contributed by atoms with Crippen molar-refractivity contribution in [3.8, 4) is 0 Å². The van der Waals surface area contributed by atoms with Crippen molar-refractivity contribution in [2.75, 3.05) is 59.4 Å². The molecule has 1 aromatic rings. The van der Waals surface area contributed by atoms with Crippen molar-refractivity contribution in [3.05, 3.63) is 11.9 Å². The Balaban J connectivity index is 2.91. The van der Waals surface area contributed by atoms with E-state index in [1.54, 1.807) is 0 Å². The average molecular weight is 724 g/mol. The number of carbonyl (C=O) groups is 6. The second-order valence-corrected chi connectivity index (χ2v) is 14.0. The highest BCUT2D eigenvalue weighted by atomic mass is 16.5. The number of ether oxygens (including phenoxy) is 4. The van der Waals surface area contributed by atoms with E-state index in [-0.39, 0.29) is 138 Å². The van der Waals surface area contributed by atoms with Crippen molar-refractivity contribution >= 4 is 34.9 Å². The minimum Gasteiger partial charge on any atom is -0.379 e. The van der Waals surface area contributed by atoms with Gasteiger partial charge < -0.3 is 29.6 Å². The fourth-order valence-corrected chi connectivity index (χ4v) is 4.45. The van der Waals surface area contributed by atoms with Gasteiger partial charge in [-0.25, -0.2) is 4.68 Å². The van der Waals surface area contributed by atoms with Crippen LogP contribution in [0.3, 0.4) is 0 Å². The van der Waals surface area contributed by atoms with Crippen LogP contribution >= 0.6 is 0 Å². The number of hydrogen-bond donors (Lipinski definition) is 2. The summed E-state index contributed by atoms with van der Waals surface area (Å²) in [4.78, 5) is 74.0. The van der Waals surface area contributed by atoms with E-state index in [4.69, 9.17) is 18.9 Å². The minimum absolute atomic E-state index is 0.0373. The normalized spacial score (nSPS) is 11.8. The van der Waals surface area contributed by atoms with Gasteiger partial charge in [0.25, 0.3) is 0 Å². The van der Waals surface area contributed by atoms with E-state index in [9.17, 15) is 28.8 Å². The molecule has 15 nitrogen and oxygen atoms in total. The summed E-state index contributed by atoms with van der Waals surface area (Å²) in [5.41, 5.74) is -0.878. The Morgan fingerprint density at radius 1 is 0.627 bits per heavy atom. The van der Waals surface area contributed by atoms with Gasteiger partial charge in [-0.15, -0.1) is 5.10 Å². The average Bonchev–Trinajstić information content (AvgIpc) is 3.49. The number of ketones is 4. The number of aromatic nitrogens is 3. The summed E-state index contributed by atoms with van der Waals surface area (Å²) in [6, 6.07) is 0. The summed E-state index contributed by atoms with van der Waals surface area (Å²) >= 11 is 0. The van der Waals surface area contributed by atoms with Crippen LogP contribution in [0.1, 0.15) is 86.8 Å². The van der Waals surface area contributed by atoms with Crippen LogP contribution in [0.5, 0.6) is 0 Å². The van der Waals surface area contributed by atoms with Gasteiger partial charge in [-0.1, -0.05) is 60.6 Å². The number of nitrogens with one attached hydrogen (secondary N) is 2. The standard InChI is InChI=1S/C36H61N5O10/c1-25(2)30(42)9-14-48-18-13-37-34(46)19-29-20-41(40-39-29)21-35(47)38-36(22-49-15-10-31(43)26(3)4,23-50-16-11-32(44)27(5)6)24-51-17-12-33(45)28(7)8/h20,25-28H,9-19,21-24H2,1-8H3,(H,37,46)(H,38,47). The maximum Gasteiger partial charge on any atom is 0.242 e. The molecule has 1 aromatic heterocycles. The van der Waals surface area contributed by atoms with Crippen molar-refractivity contribution in [2.24, 2.45) is 23.7 Å². The van der Waals surface area contributed by atoms with Crippen molar-refractivity contribution in [1.29, 1.82) is 0 Å². The zero-order valence-electron chi connectivity index (χ0n) is 31.9. The molecule has 0 bridgehead atoms. The van der Waals surface area contributed by atoms with Gasteiger partial charge in [-0.2, -0.15) is 0 Å². The van der Waals surface area contributed by atoms with Crippen LogP contribution in [-0.4, -0.2) is 115 Å². The van der Waals surface area contributed by atoms with E-state index in [1.807, 2.05) is 55.4 Å². The first-order valence-corrected chi connectivity index (χ1v) is 17.9. The van der Waals surface area contributed by atoms with E-state index in [2.05, 4.69) is 20.9 Å². The van der Waals surface area contributed by atoms with Gasteiger partial charge in [-0.3, -0.25) is 28.8 Å². The Morgan fingerprint density at radius 3 is 1.45 bits per heavy atom.